The van der Waals surface area contributed by atoms with Gasteiger partial charge in [-0.2, -0.15) is 4.72 Å². The molecule has 1 fully saturated rings. The first-order chi connectivity index (χ1) is 13.3. The Morgan fingerprint density at radius 1 is 1.11 bits per heavy atom. The lowest BCUT2D eigenvalue weighted by molar-refractivity contribution is -0.132. The Kier molecular flexibility index (Phi) is 6.65. The van der Waals surface area contributed by atoms with Crippen molar-refractivity contribution in [3.05, 3.63) is 58.0 Å². The van der Waals surface area contributed by atoms with E-state index in [9.17, 15) is 13.2 Å². The van der Waals surface area contributed by atoms with E-state index in [4.69, 9.17) is 11.6 Å². The molecule has 3 rings (SSSR count). The van der Waals surface area contributed by atoms with Crippen molar-refractivity contribution in [1.82, 2.24) is 9.62 Å². The summed E-state index contributed by atoms with van der Waals surface area (Å²) in [6, 6.07) is 13.0. The SMILES string of the molecule is C[C@H](NS(=O)(=O)c1ccc(Br)cc1)C(=O)N1CCN(c2cccc(Cl)c2)CC1. The number of rotatable bonds is 5. The van der Waals surface area contributed by atoms with Gasteiger partial charge >= 0.3 is 0 Å². The summed E-state index contributed by atoms with van der Waals surface area (Å²) in [5.41, 5.74) is 1.02. The van der Waals surface area contributed by atoms with Crippen LogP contribution in [0.5, 0.6) is 0 Å². The first-order valence-corrected chi connectivity index (χ1v) is 11.5. The summed E-state index contributed by atoms with van der Waals surface area (Å²) < 4.78 is 28.2. The van der Waals surface area contributed by atoms with Gasteiger partial charge in [-0.3, -0.25) is 4.79 Å². The fourth-order valence-corrected chi connectivity index (χ4v) is 4.74. The zero-order chi connectivity index (χ0) is 20.3. The van der Waals surface area contributed by atoms with Crippen molar-refractivity contribution < 1.29 is 13.2 Å². The molecule has 1 aliphatic rings. The predicted molar refractivity (Wildman–Crippen MR) is 114 cm³/mol. The van der Waals surface area contributed by atoms with Crippen molar-refractivity contribution in [2.75, 3.05) is 31.1 Å². The van der Waals surface area contributed by atoms with E-state index in [0.29, 0.717) is 31.2 Å². The molecule has 6 nitrogen and oxygen atoms in total. The Hall–Kier alpha value is -1.61. The summed E-state index contributed by atoms with van der Waals surface area (Å²) in [5.74, 6) is -0.230. The van der Waals surface area contributed by atoms with Crippen LogP contribution in [0.4, 0.5) is 5.69 Å². The third-order valence-electron chi connectivity index (χ3n) is 4.59. The quantitative estimate of drug-likeness (QED) is 0.705. The molecule has 150 valence electrons. The highest BCUT2D eigenvalue weighted by Gasteiger charge is 2.28. The summed E-state index contributed by atoms with van der Waals surface area (Å²) in [6.07, 6.45) is 0. The maximum atomic E-state index is 12.7. The summed E-state index contributed by atoms with van der Waals surface area (Å²) in [4.78, 5) is 16.7. The second-order valence-electron chi connectivity index (χ2n) is 6.59. The maximum Gasteiger partial charge on any atom is 0.241 e. The lowest BCUT2D eigenvalue weighted by atomic mass is 10.2. The van der Waals surface area contributed by atoms with Gasteiger partial charge in [0.1, 0.15) is 0 Å². The molecule has 1 atom stereocenters. The van der Waals surface area contributed by atoms with Crippen molar-refractivity contribution in [3.63, 3.8) is 0 Å². The monoisotopic (exact) mass is 485 g/mol. The van der Waals surface area contributed by atoms with Crippen molar-refractivity contribution in [2.45, 2.75) is 17.9 Å². The van der Waals surface area contributed by atoms with E-state index in [2.05, 4.69) is 25.6 Å². The van der Waals surface area contributed by atoms with E-state index in [1.165, 1.54) is 12.1 Å². The Balaban J connectivity index is 1.59. The molecule has 2 aromatic rings. The van der Waals surface area contributed by atoms with Gasteiger partial charge in [-0.05, 0) is 49.4 Å². The highest BCUT2D eigenvalue weighted by Crippen LogP contribution is 2.21. The third-order valence-corrected chi connectivity index (χ3v) is 6.91. The van der Waals surface area contributed by atoms with Crippen LogP contribution >= 0.6 is 27.5 Å². The maximum absolute atomic E-state index is 12.7. The van der Waals surface area contributed by atoms with Crippen molar-refractivity contribution >= 4 is 49.1 Å². The highest BCUT2D eigenvalue weighted by atomic mass is 79.9. The molecule has 1 N–H and O–H groups in total. The van der Waals surface area contributed by atoms with E-state index in [1.807, 2.05) is 24.3 Å². The summed E-state index contributed by atoms with van der Waals surface area (Å²) in [7, 11) is -3.76. The average Bonchev–Trinajstić information content (AvgIpc) is 2.67. The zero-order valence-electron chi connectivity index (χ0n) is 15.3. The van der Waals surface area contributed by atoms with Gasteiger partial charge < -0.3 is 9.80 Å². The molecule has 1 saturated heterocycles. The topological polar surface area (TPSA) is 69.7 Å². The molecule has 2 aromatic carbocycles. The minimum absolute atomic E-state index is 0.126. The van der Waals surface area contributed by atoms with Crippen LogP contribution in [0.2, 0.25) is 5.02 Å². The van der Waals surface area contributed by atoms with Gasteiger partial charge in [0.05, 0.1) is 10.9 Å². The number of nitrogens with one attached hydrogen (secondary N) is 1. The van der Waals surface area contributed by atoms with Crippen LogP contribution in [0.1, 0.15) is 6.92 Å². The van der Waals surface area contributed by atoms with Crippen LogP contribution in [0.15, 0.2) is 57.9 Å². The first kappa shape index (κ1) is 21.1. The van der Waals surface area contributed by atoms with Gasteiger partial charge in [0.15, 0.2) is 0 Å². The molecular formula is C19H21BrClN3O3S. The lowest BCUT2D eigenvalue weighted by Crippen LogP contribution is -2.54. The first-order valence-electron chi connectivity index (χ1n) is 8.83. The predicted octanol–water partition coefficient (Wildman–Crippen LogP) is 3.12. The minimum Gasteiger partial charge on any atom is -0.368 e. The molecule has 1 aliphatic heterocycles. The van der Waals surface area contributed by atoms with Gasteiger partial charge in [0.25, 0.3) is 0 Å². The number of anilines is 1. The molecule has 0 spiro atoms. The van der Waals surface area contributed by atoms with Crippen LogP contribution in [0, 0.1) is 0 Å². The molecule has 9 heteroatoms. The normalized spacial score (nSPS) is 16.1. The van der Waals surface area contributed by atoms with E-state index in [0.717, 1.165) is 10.2 Å². The number of carbonyl (C=O) groups excluding carboxylic acids is 1. The number of piperazine rings is 1. The number of halogens is 2. The Bertz CT molecular complexity index is 945. The second kappa shape index (κ2) is 8.82. The largest absolute Gasteiger partial charge is 0.368 e. The third kappa shape index (κ3) is 5.05. The number of hydrogen-bond acceptors (Lipinski definition) is 4. The van der Waals surface area contributed by atoms with Crippen molar-refractivity contribution in [1.29, 1.82) is 0 Å². The highest BCUT2D eigenvalue weighted by molar-refractivity contribution is 9.10. The molecule has 28 heavy (non-hydrogen) atoms. The van der Waals surface area contributed by atoms with E-state index < -0.39 is 16.1 Å². The lowest BCUT2D eigenvalue weighted by Gasteiger charge is -2.37. The van der Waals surface area contributed by atoms with Gasteiger partial charge in [-0.1, -0.05) is 33.6 Å². The van der Waals surface area contributed by atoms with E-state index in [-0.39, 0.29) is 10.8 Å². The molecule has 0 aromatic heterocycles. The summed E-state index contributed by atoms with van der Waals surface area (Å²) >= 11 is 9.32. The molecule has 1 heterocycles. The van der Waals surface area contributed by atoms with Crippen LogP contribution in [-0.2, 0) is 14.8 Å². The molecule has 0 aliphatic carbocycles. The Labute approximate surface area is 178 Å². The van der Waals surface area contributed by atoms with Gasteiger partial charge in [-0.25, -0.2) is 8.42 Å². The Morgan fingerprint density at radius 2 is 1.75 bits per heavy atom. The van der Waals surface area contributed by atoms with Crippen LogP contribution in [-0.4, -0.2) is 51.4 Å². The number of sulfonamides is 1. The van der Waals surface area contributed by atoms with Crippen molar-refractivity contribution in [2.24, 2.45) is 0 Å². The van der Waals surface area contributed by atoms with E-state index >= 15 is 0 Å². The van der Waals surface area contributed by atoms with Gasteiger partial charge in [0.2, 0.25) is 15.9 Å². The number of carbonyl (C=O) groups is 1. The molecule has 0 unspecified atom stereocenters. The average molecular weight is 487 g/mol. The zero-order valence-corrected chi connectivity index (χ0v) is 18.5. The van der Waals surface area contributed by atoms with E-state index in [1.54, 1.807) is 24.0 Å². The molecule has 1 amide bonds. The summed E-state index contributed by atoms with van der Waals surface area (Å²) in [5, 5.41) is 0.673. The van der Waals surface area contributed by atoms with Gasteiger partial charge in [0, 0.05) is 41.4 Å². The minimum atomic E-state index is -3.76. The van der Waals surface area contributed by atoms with Crippen LogP contribution < -0.4 is 9.62 Å². The standard InChI is InChI=1S/C19H21BrClN3O3S/c1-14(22-28(26,27)18-7-5-15(20)6-8-18)19(25)24-11-9-23(10-12-24)17-4-2-3-16(21)13-17/h2-8,13-14,22H,9-12H2,1H3/t14-/m0/s1. The van der Waals surface area contributed by atoms with Crippen LogP contribution in [0.25, 0.3) is 0 Å². The Morgan fingerprint density at radius 3 is 2.36 bits per heavy atom. The summed E-state index contributed by atoms with van der Waals surface area (Å²) in [6.45, 7) is 3.95. The van der Waals surface area contributed by atoms with Crippen LogP contribution in [0.3, 0.4) is 0 Å². The molecular weight excluding hydrogens is 466 g/mol. The number of hydrogen-bond donors (Lipinski definition) is 1. The fourth-order valence-electron chi connectivity index (χ4n) is 3.10. The van der Waals surface area contributed by atoms with Crippen molar-refractivity contribution in [3.8, 4) is 0 Å². The molecule has 0 saturated carbocycles. The fraction of sp³-hybridized carbons (Fsp3) is 0.316. The van der Waals surface area contributed by atoms with Gasteiger partial charge in [-0.15, -0.1) is 0 Å². The number of benzene rings is 2. The number of nitrogens with zero attached hydrogens (tertiary/aromatic N) is 2. The molecule has 0 radical (unpaired) electrons. The smallest absolute Gasteiger partial charge is 0.241 e. The number of amides is 1. The molecule has 0 bridgehead atoms. The second-order valence-corrected chi connectivity index (χ2v) is 9.66.